The molecule has 2 aliphatic heterocycles. The number of benzene rings is 2. The van der Waals surface area contributed by atoms with Crippen molar-refractivity contribution in [3.05, 3.63) is 64.5 Å². The van der Waals surface area contributed by atoms with E-state index in [0.717, 1.165) is 74.7 Å². The molecule has 63 heavy (non-hydrogen) atoms. The van der Waals surface area contributed by atoms with Gasteiger partial charge in [0.05, 0.1) is 48.6 Å². The van der Waals surface area contributed by atoms with E-state index in [1.165, 1.54) is 11.3 Å². The summed E-state index contributed by atoms with van der Waals surface area (Å²) in [4.78, 5) is 66.9. The van der Waals surface area contributed by atoms with Crippen LogP contribution in [0.4, 0.5) is 5.13 Å². The van der Waals surface area contributed by atoms with Crippen LogP contribution in [0.1, 0.15) is 116 Å². The Hall–Kier alpha value is -4.03. The number of halogens is 1. The Kier molecular flexibility index (Phi) is 14.2. The molecule has 338 valence electrons. The fourth-order valence-corrected chi connectivity index (χ4v) is 13.9. The summed E-state index contributed by atoms with van der Waals surface area (Å²) >= 11 is 8.01. The second-order valence-corrected chi connectivity index (χ2v) is 22.3. The van der Waals surface area contributed by atoms with Crippen molar-refractivity contribution >= 4 is 64.0 Å². The molecule has 4 fully saturated rings. The molecular weight excluding hydrogens is 859 g/mol. The normalized spacial score (nSPS) is 25.8. The summed E-state index contributed by atoms with van der Waals surface area (Å²) in [6, 6.07) is 13.8. The lowest BCUT2D eigenvalue weighted by Gasteiger charge is -2.30. The lowest BCUT2D eigenvalue weighted by atomic mass is 9.94. The van der Waals surface area contributed by atoms with Gasteiger partial charge in [-0.2, -0.15) is 0 Å². The van der Waals surface area contributed by atoms with E-state index in [-0.39, 0.29) is 67.7 Å². The molecule has 2 aliphatic carbocycles. The van der Waals surface area contributed by atoms with Crippen LogP contribution in [0.25, 0.3) is 22.3 Å². The van der Waals surface area contributed by atoms with Crippen LogP contribution in [0.2, 0.25) is 5.02 Å². The summed E-state index contributed by atoms with van der Waals surface area (Å²) in [6.07, 6.45) is 8.98. The number of thiazole rings is 1. The van der Waals surface area contributed by atoms with Gasteiger partial charge in [-0.1, -0.05) is 61.9 Å². The molecule has 4 heterocycles. The van der Waals surface area contributed by atoms with Crippen molar-refractivity contribution in [3.8, 4) is 22.9 Å². The van der Waals surface area contributed by atoms with Gasteiger partial charge in [0.2, 0.25) is 13.3 Å². The van der Waals surface area contributed by atoms with E-state index in [0.29, 0.717) is 51.8 Å². The van der Waals surface area contributed by atoms with Gasteiger partial charge >= 0.3 is 5.97 Å². The van der Waals surface area contributed by atoms with Gasteiger partial charge in [0.25, 0.3) is 0 Å². The molecule has 4 aromatic rings. The van der Waals surface area contributed by atoms with Gasteiger partial charge in [0.15, 0.2) is 10.9 Å². The molecule has 2 N–H and O–H groups in total. The molecule has 2 aromatic heterocycles. The molecule has 0 radical (unpaired) electrons. The number of nitrogens with one attached hydrogen (secondary N) is 1. The first-order chi connectivity index (χ1) is 30.3. The monoisotopic (exact) mass is 918 g/mol. The van der Waals surface area contributed by atoms with Crippen molar-refractivity contribution in [2.45, 2.75) is 146 Å². The molecule has 2 saturated heterocycles. The third-order valence-corrected chi connectivity index (χ3v) is 17.6. The minimum atomic E-state index is -4.00. The largest absolute Gasteiger partial charge is 0.497 e. The summed E-state index contributed by atoms with van der Waals surface area (Å²) in [6.45, 7) is 4.20. The number of esters is 1. The van der Waals surface area contributed by atoms with Gasteiger partial charge in [0, 0.05) is 52.7 Å². The fourth-order valence-electron chi connectivity index (χ4n) is 10.1. The topological polar surface area (TPSA) is 157 Å². The second-order valence-electron chi connectivity index (χ2n) is 18.4. The number of carbonyl (C=O) groups is 3. The Morgan fingerprint density at radius 2 is 1.73 bits per heavy atom. The van der Waals surface area contributed by atoms with Gasteiger partial charge in [0.1, 0.15) is 29.4 Å². The number of carbonyl (C=O) groups excluding carboxylic acids is 3. The summed E-state index contributed by atoms with van der Waals surface area (Å²) in [7, 11) is -2.40. The van der Waals surface area contributed by atoms with Crippen molar-refractivity contribution in [3.63, 3.8) is 0 Å². The molecule has 6 atom stereocenters. The molecule has 8 rings (SSSR count). The number of pyridine rings is 1. The predicted octanol–water partition coefficient (Wildman–Crippen LogP) is 10.6. The fraction of sp³-hybridized carbons (Fsp3) is 0.562. The Bertz CT molecular complexity index is 2350. The zero-order valence-corrected chi connectivity index (χ0v) is 39.0. The van der Waals surface area contributed by atoms with Crippen LogP contribution in [-0.2, 0) is 29.8 Å². The zero-order valence-electron chi connectivity index (χ0n) is 36.6. The van der Waals surface area contributed by atoms with Crippen LogP contribution in [0.15, 0.2) is 53.9 Å². The van der Waals surface area contributed by atoms with Crippen LogP contribution in [0, 0.1) is 11.8 Å². The van der Waals surface area contributed by atoms with E-state index >= 15 is 4.79 Å². The number of amides is 1. The first-order valence-corrected chi connectivity index (χ1v) is 25.9. The van der Waals surface area contributed by atoms with Crippen LogP contribution in [-0.4, -0.2) is 80.5 Å². The van der Waals surface area contributed by atoms with Gasteiger partial charge in [-0.25, -0.2) is 9.97 Å². The predicted molar refractivity (Wildman–Crippen MR) is 247 cm³/mol. The van der Waals surface area contributed by atoms with Crippen LogP contribution in [0.3, 0.4) is 0 Å². The van der Waals surface area contributed by atoms with Crippen molar-refractivity contribution in [1.82, 2.24) is 14.9 Å². The lowest BCUT2D eigenvalue weighted by Crippen LogP contribution is -2.45. The molecule has 1 unspecified atom stereocenters. The molecule has 12 nitrogen and oxygen atoms in total. The number of nitrogens with zero attached hydrogens (tertiary/aromatic N) is 3. The first-order valence-electron chi connectivity index (χ1n) is 22.8. The number of aromatic nitrogens is 2. The van der Waals surface area contributed by atoms with E-state index in [1.54, 1.807) is 36.3 Å². The Labute approximate surface area is 379 Å². The highest BCUT2D eigenvalue weighted by Crippen LogP contribution is 2.75. The van der Waals surface area contributed by atoms with Gasteiger partial charge in [-0.15, -0.1) is 11.3 Å². The first kappa shape index (κ1) is 45.5. The smallest absolute Gasteiger partial charge is 0.306 e. The quantitative estimate of drug-likeness (QED) is 0.103. The number of methoxy groups -OCH3 is 1. The standard InChI is InChI=1S/C48H60ClN4O8PS/c1-30(2)50-47-52-41(29-63-47)40-24-44(37-20-19-35(59-3)22-39(37)51-40)60-36-23-42-43(54)26-48(62(57,58)28-32-14-9-12-18-38(32)49)25-33(48)15-8-6-4-5-7-13-31(46(56)53(42)27-36)21-45(55)61-34-16-10-11-17-34/h9,12,14,18-20,22,24,29-31,33-34,36,42H,4-8,10-11,13,15-17,21,23,25-28H2,1-3H3,(H,50,52)(H,57,58)/t31-,33-,36-,42+,48-/m1/s1. The maximum atomic E-state index is 15.0. The number of ketones is 1. The average Bonchev–Trinajstić information content (AvgIpc) is 3.66. The molecule has 4 aliphatic rings. The van der Waals surface area contributed by atoms with Crippen molar-refractivity contribution < 1.29 is 38.1 Å². The van der Waals surface area contributed by atoms with E-state index in [4.69, 9.17) is 35.8 Å². The third-order valence-electron chi connectivity index (χ3n) is 13.6. The summed E-state index contributed by atoms with van der Waals surface area (Å²) < 4.78 is 33.0. The van der Waals surface area contributed by atoms with E-state index in [9.17, 15) is 19.0 Å². The molecule has 15 heteroatoms. The summed E-state index contributed by atoms with van der Waals surface area (Å²) in [5, 5.41) is 6.09. The highest BCUT2D eigenvalue weighted by Gasteiger charge is 2.65. The molecule has 2 saturated carbocycles. The van der Waals surface area contributed by atoms with Crippen molar-refractivity contribution in [2.75, 3.05) is 19.0 Å². The van der Waals surface area contributed by atoms with Gasteiger partial charge in [-0.05, 0) is 88.5 Å². The zero-order chi connectivity index (χ0) is 44.3. The number of ether oxygens (including phenoxy) is 3. The Morgan fingerprint density at radius 3 is 2.49 bits per heavy atom. The Morgan fingerprint density at radius 1 is 0.984 bits per heavy atom. The lowest BCUT2D eigenvalue weighted by molar-refractivity contribution is -0.154. The maximum Gasteiger partial charge on any atom is 0.306 e. The molecule has 2 aromatic carbocycles. The van der Waals surface area contributed by atoms with E-state index in [2.05, 4.69) is 19.2 Å². The van der Waals surface area contributed by atoms with Crippen molar-refractivity contribution in [2.24, 2.45) is 11.8 Å². The minimum absolute atomic E-state index is 0.0601. The van der Waals surface area contributed by atoms with E-state index < -0.39 is 30.6 Å². The SMILES string of the molecule is COc1ccc2c(O[C@@H]3C[C@H]4C(=O)C[C@]5(P(=O)(O)Cc6ccccc6Cl)C[C@H]5CCCCCCC[C@H](CC(=O)OC5CCCC5)C(=O)N4C3)cc(-c3csc(NC(C)C)n3)nc2c1. The number of anilines is 1. The molecule has 0 spiro atoms. The average molecular weight is 920 g/mol. The molecule has 0 bridgehead atoms. The number of fused-ring (bicyclic) bond motifs is 3. The van der Waals surface area contributed by atoms with Crippen LogP contribution in [0.5, 0.6) is 11.5 Å². The summed E-state index contributed by atoms with van der Waals surface area (Å²) in [5.41, 5.74) is 2.48. The van der Waals surface area contributed by atoms with Crippen LogP contribution < -0.4 is 14.8 Å². The molecule has 1 amide bonds. The van der Waals surface area contributed by atoms with Crippen molar-refractivity contribution in [1.29, 1.82) is 0 Å². The third kappa shape index (κ3) is 10.4. The van der Waals surface area contributed by atoms with Gasteiger partial charge < -0.3 is 29.3 Å². The Balaban J connectivity index is 1.13. The van der Waals surface area contributed by atoms with Crippen LogP contribution >= 0.6 is 30.3 Å². The van der Waals surface area contributed by atoms with Gasteiger partial charge in [-0.3, -0.25) is 18.9 Å². The number of Topliss-reactive ketones (excluding diaryl/α,β-unsaturated/α-hetero) is 1. The van der Waals surface area contributed by atoms with E-state index in [1.807, 2.05) is 29.6 Å². The number of hydrogen-bond acceptors (Lipinski definition) is 11. The highest BCUT2D eigenvalue weighted by atomic mass is 35.5. The number of hydrogen-bond donors (Lipinski definition) is 2. The minimum Gasteiger partial charge on any atom is -0.497 e. The number of rotatable bonds is 12. The maximum absolute atomic E-state index is 15.0. The highest BCUT2D eigenvalue weighted by molar-refractivity contribution is 7.59. The second kappa shape index (κ2) is 19.6. The molecular formula is C48H60ClN4O8PS. The summed E-state index contributed by atoms with van der Waals surface area (Å²) in [5.74, 6) is -0.544.